The second-order valence-electron chi connectivity index (χ2n) is 6.19. The van der Waals surface area contributed by atoms with E-state index in [1.54, 1.807) is 17.1 Å². The highest BCUT2D eigenvalue weighted by molar-refractivity contribution is 5.92. The Bertz CT molecular complexity index is 690. The first-order valence-corrected chi connectivity index (χ1v) is 7.89. The summed E-state index contributed by atoms with van der Waals surface area (Å²) < 4.78 is 3.79. The lowest BCUT2D eigenvalue weighted by molar-refractivity contribution is 0.0894. The van der Waals surface area contributed by atoms with Gasteiger partial charge < -0.3 is 14.5 Å². The number of nitrogens with one attached hydrogen (secondary N) is 1. The molecule has 1 amide bonds. The Kier molecular flexibility index (Phi) is 4.42. The van der Waals surface area contributed by atoms with E-state index in [1.165, 1.54) is 0 Å². The van der Waals surface area contributed by atoms with Crippen LogP contribution in [-0.4, -0.2) is 54.3 Å². The van der Waals surface area contributed by atoms with Crippen LogP contribution in [0.2, 0.25) is 0 Å². The van der Waals surface area contributed by atoms with Crippen LogP contribution in [0.5, 0.6) is 0 Å². The molecule has 8 nitrogen and oxygen atoms in total. The summed E-state index contributed by atoms with van der Waals surface area (Å²) in [5.41, 5.74) is 0.466. The molecule has 0 spiro atoms. The Morgan fingerprint density at radius 1 is 1.39 bits per heavy atom. The molecule has 1 saturated heterocycles. The maximum Gasteiger partial charge on any atom is 0.271 e. The van der Waals surface area contributed by atoms with Crippen molar-refractivity contribution in [2.75, 3.05) is 13.1 Å². The highest BCUT2D eigenvalue weighted by Gasteiger charge is 2.23. The average molecular weight is 317 g/mol. The molecule has 124 valence electrons. The van der Waals surface area contributed by atoms with Gasteiger partial charge >= 0.3 is 0 Å². The Morgan fingerprint density at radius 2 is 2.22 bits per heavy atom. The number of aromatic nitrogens is 5. The summed E-state index contributed by atoms with van der Waals surface area (Å²) in [6.07, 6.45) is 5.42. The summed E-state index contributed by atoms with van der Waals surface area (Å²) in [6.45, 7) is 4.54. The van der Waals surface area contributed by atoms with Crippen LogP contribution in [0, 0.1) is 6.92 Å². The van der Waals surface area contributed by atoms with Gasteiger partial charge in [0.15, 0.2) is 0 Å². The highest BCUT2D eigenvalue weighted by atomic mass is 16.2. The Hall–Kier alpha value is -2.22. The maximum atomic E-state index is 12.2. The van der Waals surface area contributed by atoms with E-state index in [-0.39, 0.29) is 11.9 Å². The first kappa shape index (κ1) is 15.7. The maximum absolute atomic E-state index is 12.2. The minimum absolute atomic E-state index is 0.105. The van der Waals surface area contributed by atoms with Crippen molar-refractivity contribution in [2.24, 2.45) is 14.1 Å². The summed E-state index contributed by atoms with van der Waals surface area (Å²) in [5, 5.41) is 11.4. The van der Waals surface area contributed by atoms with Crippen LogP contribution < -0.4 is 5.32 Å². The van der Waals surface area contributed by atoms with Crippen LogP contribution in [-0.2, 0) is 20.6 Å². The van der Waals surface area contributed by atoms with Crippen molar-refractivity contribution in [3.63, 3.8) is 0 Å². The van der Waals surface area contributed by atoms with E-state index in [2.05, 4.69) is 25.4 Å². The van der Waals surface area contributed by atoms with Gasteiger partial charge in [-0.15, -0.1) is 10.2 Å². The average Bonchev–Trinajstić information content (AvgIpc) is 3.09. The monoisotopic (exact) mass is 317 g/mol. The number of carbonyl (C=O) groups excluding carboxylic acids is 1. The minimum atomic E-state index is -0.105. The van der Waals surface area contributed by atoms with Crippen molar-refractivity contribution in [2.45, 2.75) is 32.4 Å². The quantitative estimate of drug-likeness (QED) is 0.874. The van der Waals surface area contributed by atoms with Gasteiger partial charge in [0.2, 0.25) is 0 Å². The summed E-state index contributed by atoms with van der Waals surface area (Å²) in [4.78, 5) is 18.6. The molecule has 1 aliphatic rings. The zero-order valence-corrected chi connectivity index (χ0v) is 13.9. The summed E-state index contributed by atoms with van der Waals surface area (Å²) in [5.74, 6) is 1.77. The van der Waals surface area contributed by atoms with E-state index in [0.717, 1.165) is 44.1 Å². The van der Waals surface area contributed by atoms with E-state index in [4.69, 9.17) is 0 Å². The number of piperidine rings is 1. The molecular weight excluding hydrogens is 294 g/mol. The number of carbonyl (C=O) groups is 1. The van der Waals surface area contributed by atoms with Gasteiger partial charge in [-0.05, 0) is 26.3 Å². The fourth-order valence-electron chi connectivity index (χ4n) is 2.90. The fourth-order valence-corrected chi connectivity index (χ4v) is 2.90. The third-order valence-electron chi connectivity index (χ3n) is 4.33. The molecule has 1 unspecified atom stereocenters. The predicted octanol–water partition coefficient (Wildman–Crippen LogP) is 0.251. The first-order valence-electron chi connectivity index (χ1n) is 7.89. The van der Waals surface area contributed by atoms with E-state index in [9.17, 15) is 4.79 Å². The molecule has 8 heteroatoms. The van der Waals surface area contributed by atoms with Gasteiger partial charge in [-0.1, -0.05) is 0 Å². The predicted molar refractivity (Wildman–Crippen MR) is 84.7 cm³/mol. The number of rotatable bonds is 4. The van der Waals surface area contributed by atoms with Crippen molar-refractivity contribution < 1.29 is 4.79 Å². The smallest absolute Gasteiger partial charge is 0.271 e. The molecule has 1 N–H and O–H groups in total. The molecule has 2 aromatic rings. The lowest BCUT2D eigenvalue weighted by Gasteiger charge is -2.32. The lowest BCUT2D eigenvalue weighted by atomic mass is 10.1. The second-order valence-corrected chi connectivity index (χ2v) is 6.19. The van der Waals surface area contributed by atoms with Crippen LogP contribution >= 0.6 is 0 Å². The van der Waals surface area contributed by atoms with Crippen molar-refractivity contribution >= 4 is 5.91 Å². The molecule has 0 aromatic carbocycles. The zero-order chi connectivity index (χ0) is 16.4. The molecule has 0 saturated carbocycles. The van der Waals surface area contributed by atoms with Gasteiger partial charge in [0, 0.05) is 32.9 Å². The number of likely N-dealkylation sites (tertiary alicyclic amines) is 1. The minimum Gasteiger partial charge on any atom is -0.347 e. The normalized spacial score (nSPS) is 19.0. The van der Waals surface area contributed by atoms with E-state index in [1.807, 2.05) is 25.6 Å². The molecule has 23 heavy (non-hydrogen) atoms. The molecule has 0 bridgehead atoms. The van der Waals surface area contributed by atoms with Crippen molar-refractivity contribution in [3.05, 3.63) is 29.9 Å². The zero-order valence-electron chi connectivity index (χ0n) is 13.9. The van der Waals surface area contributed by atoms with Crippen LogP contribution in [0.3, 0.4) is 0 Å². The van der Waals surface area contributed by atoms with Gasteiger partial charge in [-0.25, -0.2) is 4.98 Å². The van der Waals surface area contributed by atoms with Crippen molar-refractivity contribution in [3.8, 4) is 0 Å². The van der Waals surface area contributed by atoms with Gasteiger partial charge in [-0.2, -0.15) is 0 Å². The number of nitrogens with zero attached hydrogens (tertiary/aromatic N) is 6. The first-order chi connectivity index (χ1) is 11.0. The lowest BCUT2D eigenvalue weighted by Crippen LogP contribution is -2.47. The summed E-state index contributed by atoms with van der Waals surface area (Å²) in [7, 11) is 3.84. The molecule has 1 fully saturated rings. The third-order valence-corrected chi connectivity index (χ3v) is 4.33. The van der Waals surface area contributed by atoms with Gasteiger partial charge in [0.25, 0.3) is 5.91 Å². The van der Waals surface area contributed by atoms with Gasteiger partial charge in [0.05, 0.1) is 12.9 Å². The molecule has 2 aromatic heterocycles. The largest absolute Gasteiger partial charge is 0.347 e. The van der Waals surface area contributed by atoms with Crippen molar-refractivity contribution in [1.29, 1.82) is 0 Å². The molecule has 1 atom stereocenters. The Balaban J connectivity index is 1.57. The van der Waals surface area contributed by atoms with Crippen LogP contribution in [0.1, 0.15) is 35.0 Å². The SMILES string of the molecule is Cc1nnc(CN2CCCC(NC(=O)c3cn(C)cn3)C2)n1C. The molecule has 0 aliphatic carbocycles. The molecular formula is C15H23N7O. The topological polar surface area (TPSA) is 80.9 Å². The van der Waals surface area contributed by atoms with Gasteiger partial charge in [-0.3, -0.25) is 9.69 Å². The molecule has 0 radical (unpaired) electrons. The second kappa shape index (κ2) is 6.49. The number of amides is 1. The van der Waals surface area contributed by atoms with E-state index >= 15 is 0 Å². The van der Waals surface area contributed by atoms with Crippen molar-refractivity contribution in [1.82, 2.24) is 34.5 Å². The molecule has 1 aliphatic heterocycles. The molecule has 3 heterocycles. The van der Waals surface area contributed by atoms with Gasteiger partial charge in [0.1, 0.15) is 17.3 Å². The van der Waals surface area contributed by atoms with Crippen LogP contribution in [0.25, 0.3) is 0 Å². The number of imidazole rings is 1. The number of hydrogen-bond donors (Lipinski definition) is 1. The van der Waals surface area contributed by atoms with E-state index in [0.29, 0.717) is 5.69 Å². The van der Waals surface area contributed by atoms with E-state index < -0.39 is 0 Å². The standard InChI is InChI=1S/C15H23N7O/c1-11-18-19-14(21(11)3)9-22-6-4-5-12(7-22)17-15(23)13-8-20(2)10-16-13/h8,10,12H,4-7,9H2,1-3H3,(H,17,23). The molecule has 3 rings (SSSR count). The third kappa shape index (κ3) is 3.58. The van der Waals surface area contributed by atoms with Crippen LogP contribution in [0.15, 0.2) is 12.5 Å². The van der Waals surface area contributed by atoms with Crippen LogP contribution in [0.4, 0.5) is 0 Å². The fraction of sp³-hybridized carbons (Fsp3) is 0.600. The summed E-state index contributed by atoms with van der Waals surface area (Å²) >= 11 is 0. The number of hydrogen-bond acceptors (Lipinski definition) is 5. The highest BCUT2D eigenvalue weighted by Crippen LogP contribution is 2.13. The Morgan fingerprint density at radius 3 is 2.87 bits per heavy atom. The Labute approximate surface area is 135 Å². The number of aryl methyl sites for hydroxylation is 2. The summed E-state index contributed by atoms with van der Waals surface area (Å²) in [6, 6.07) is 0.146.